The molecule has 9 nitrogen and oxygen atoms in total. The fourth-order valence-corrected chi connectivity index (χ4v) is 6.79. The fraction of sp³-hybridized carbons (Fsp3) is 0.520. The topological polar surface area (TPSA) is 132 Å². The van der Waals surface area contributed by atoms with Crippen LogP contribution in [0.25, 0.3) is 5.57 Å². The molecule has 13 heteroatoms. The maximum Gasteiger partial charge on any atom is 0.417 e. The maximum absolute atomic E-state index is 14.1. The van der Waals surface area contributed by atoms with E-state index in [1.54, 1.807) is 6.92 Å². The number of nitrogen functional groups attached to an aromatic ring is 1. The fourth-order valence-electron chi connectivity index (χ4n) is 5.69. The quantitative estimate of drug-likeness (QED) is 0.366. The van der Waals surface area contributed by atoms with Crippen LogP contribution in [0.15, 0.2) is 35.4 Å². The number of amidine groups is 1. The smallest absolute Gasteiger partial charge is 0.397 e. The van der Waals surface area contributed by atoms with Crippen molar-refractivity contribution < 1.29 is 23.1 Å². The van der Waals surface area contributed by atoms with Gasteiger partial charge in [-0.25, -0.2) is 0 Å². The number of aliphatic hydroxyl groups is 1. The van der Waals surface area contributed by atoms with Crippen molar-refractivity contribution in [2.45, 2.75) is 55.8 Å². The molecule has 1 fully saturated rings. The highest BCUT2D eigenvalue weighted by molar-refractivity contribution is 7.19. The molecule has 5 rings (SSSR count). The van der Waals surface area contributed by atoms with Gasteiger partial charge in [-0.1, -0.05) is 24.3 Å². The first-order chi connectivity index (χ1) is 17.9. The van der Waals surface area contributed by atoms with E-state index in [0.29, 0.717) is 38.3 Å². The highest BCUT2D eigenvalue weighted by Crippen LogP contribution is 2.51. The minimum atomic E-state index is -4.66. The Morgan fingerprint density at radius 3 is 2.66 bits per heavy atom. The summed E-state index contributed by atoms with van der Waals surface area (Å²) in [5, 5.41) is 17.6. The van der Waals surface area contributed by atoms with Gasteiger partial charge in [0, 0.05) is 38.3 Å². The number of allylic oxidation sites excluding steroid dienone is 3. The number of alkyl halides is 3. The Kier molecular flexibility index (Phi) is 6.83. The first-order valence-electron chi connectivity index (χ1n) is 12.5. The number of primary amides is 1. The number of nitrogens with zero attached hydrogens (tertiary/aromatic N) is 3. The Bertz CT molecular complexity index is 1230. The molecule has 3 aliphatic heterocycles. The molecule has 4 aliphatic rings. The van der Waals surface area contributed by atoms with E-state index in [2.05, 4.69) is 21.7 Å². The number of likely N-dealkylation sites (tertiary alicyclic amines) is 1. The van der Waals surface area contributed by atoms with Crippen LogP contribution in [0.4, 0.5) is 23.9 Å². The number of hydrogen-bond acceptors (Lipinski definition) is 9. The van der Waals surface area contributed by atoms with Gasteiger partial charge in [-0.2, -0.15) is 13.2 Å². The molecular formula is C25H32F3N7O2S. The van der Waals surface area contributed by atoms with E-state index in [9.17, 15) is 23.1 Å². The van der Waals surface area contributed by atoms with Crippen molar-refractivity contribution in [3.05, 3.63) is 40.8 Å². The molecule has 0 aromatic carbocycles. The van der Waals surface area contributed by atoms with Crippen LogP contribution >= 0.6 is 11.3 Å². The van der Waals surface area contributed by atoms with Gasteiger partial charge in [-0.3, -0.25) is 14.7 Å². The number of hydrogen-bond donors (Lipinski definition) is 5. The number of aliphatic hydroxyl groups excluding tert-OH is 1. The summed E-state index contributed by atoms with van der Waals surface area (Å²) >= 11 is 0.846. The number of piperidine rings is 1. The maximum atomic E-state index is 14.1. The Labute approximate surface area is 222 Å². The second-order valence-electron chi connectivity index (χ2n) is 10.3. The van der Waals surface area contributed by atoms with Crippen LogP contribution in [0.3, 0.4) is 0 Å². The first kappa shape index (κ1) is 26.7. The molecule has 0 radical (unpaired) electrons. The SMILES string of the molecule is CN1C(C(O)CNC2CCN(C3(C)C=C(C(F)(F)F)c4c(sc(C(N)=O)c4N)N3)CC2)=NC2C=CC=CC21. The number of nitrogens with two attached hydrogens (primary N) is 2. The number of halogens is 3. The van der Waals surface area contributed by atoms with Crippen LogP contribution in [0, 0.1) is 0 Å². The van der Waals surface area contributed by atoms with Gasteiger partial charge < -0.3 is 32.1 Å². The summed E-state index contributed by atoms with van der Waals surface area (Å²) in [6, 6.07) is 0.224. The van der Waals surface area contributed by atoms with Crippen molar-refractivity contribution in [1.82, 2.24) is 15.1 Å². The number of thiophene rings is 1. The lowest BCUT2D eigenvalue weighted by molar-refractivity contribution is -0.0698. The summed E-state index contributed by atoms with van der Waals surface area (Å²) in [6.45, 7) is 3.08. The summed E-state index contributed by atoms with van der Waals surface area (Å²) in [5.74, 6) is -0.214. The number of aliphatic imine (C=N–C) groups is 1. The molecule has 1 aliphatic carbocycles. The summed E-state index contributed by atoms with van der Waals surface area (Å²) in [5.41, 5.74) is 8.79. The standard InChI is InChI=1S/C25H32F3N7O2S/c1-24(11-14(25(26,27)28)18-19(29)20(21(30)37)38-23(18)33-24)35-9-7-13(8-10-35)31-12-17(36)22-32-15-5-3-4-6-16(15)34(22)2/h3-6,11,13,15-17,31,33,36H,7-10,12,29H2,1-2H3,(H2,30,37). The highest BCUT2D eigenvalue weighted by atomic mass is 32.1. The van der Waals surface area contributed by atoms with Gasteiger partial charge in [-0.05, 0) is 25.8 Å². The molecule has 0 saturated carbocycles. The van der Waals surface area contributed by atoms with E-state index in [1.165, 1.54) is 0 Å². The third-order valence-electron chi connectivity index (χ3n) is 7.75. The Morgan fingerprint density at radius 1 is 1.34 bits per heavy atom. The number of fused-ring (bicyclic) bond motifs is 2. The third kappa shape index (κ3) is 4.72. The summed E-state index contributed by atoms with van der Waals surface area (Å²) in [4.78, 5) is 20.3. The number of carbonyl (C=O) groups is 1. The molecule has 1 aromatic heterocycles. The van der Waals surface area contributed by atoms with E-state index in [0.717, 1.165) is 17.4 Å². The monoisotopic (exact) mass is 551 g/mol. The molecule has 1 aromatic rings. The van der Waals surface area contributed by atoms with Gasteiger partial charge in [0.1, 0.15) is 27.5 Å². The van der Waals surface area contributed by atoms with E-state index in [4.69, 9.17) is 11.5 Å². The van der Waals surface area contributed by atoms with Crippen LogP contribution in [-0.4, -0.2) is 89.4 Å². The van der Waals surface area contributed by atoms with Crippen molar-refractivity contribution in [3.63, 3.8) is 0 Å². The number of amides is 1. The van der Waals surface area contributed by atoms with E-state index in [-0.39, 0.29) is 39.3 Å². The Morgan fingerprint density at radius 2 is 2.03 bits per heavy atom. The predicted molar refractivity (Wildman–Crippen MR) is 143 cm³/mol. The number of nitrogens with one attached hydrogen (secondary N) is 2. The van der Waals surface area contributed by atoms with Crippen LogP contribution in [0.1, 0.15) is 35.0 Å². The normalized spacial score (nSPS) is 28.4. The van der Waals surface area contributed by atoms with Crippen molar-refractivity contribution in [2.75, 3.05) is 37.7 Å². The van der Waals surface area contributed by atoms with Gasteiger partial charge in [0.05, 0.1) is 23.3 Å². The molecule has 1 saturated heterocycles. The zero-order valence-corrected chi connectivity index (χ0v) is 21.9. The molecule has 4 atom stereocenters. The number of carbonyl (C=O) groups excluding carboxylic acids is 1. The molecule has 1 amide bonds. The highest BCUT2D eigenvalue weighted by Gasteiger charge is 2.47. The van der Waals surface area contributed by atoms with E-state index in [1.807, 2.05) is 35.1 Å². The molecule has 7 N–H and O–H groups in total. The average molecular weight is 552 g/mol. The van der Waals surface area contributed by atoms with Crippen molar-refractivity contribution in [3.8, 4) is 0 Å². The second-order valence-corrected chi connectivity index (χ2v) is 11.3. The lowest BCUT2D eigenvalue weighted by Gasteiger charge is -2.46. The minimum absolute atomic E-state index is 0.00883. The molecule has 206 valence electrons. The summed E-state index contributed by atoms with van der Waals surface area (Å²) in [6.07, 6.45) is 5.13. The van der Waals surface area contributed by atoms with Gasteiger partial charge in [0.25, 0.3) is 5.91 Å². The molecule has 0 bridgehead atoms. The van der Waals surface area contributed by atoms with Crippen molar-refractivity contribution in [1.29, 1.82) is 0 Å². The Balaban J connectivity index is 1.23. The second kappa shape index (κ2) is 9.70. The van der Waals surface area contributed by atoms with E-state index < -0.39 is 29.4 Å². The number of likely N-dealkylation sites (N-methyl/N-ethyl adjacent to an activating group) is 1. The largest absolute Gasteiger partial charge is 0.417 e. The van der Waals surface area contributed by atoms with Gasteiger partial charge in [0.2, 0.25) is 0 Å². The number of anilines is 2. The summed E-state index contributed by atoms with van der Waals surface area (Å²) < 4.78 is 42.2. The van der Waals surface area contributed by atoms with Crippen molar-refractivity contribution in [2.24, 2.45) is 10.7 Å². The molecule has 38 heavy (non-hydrogen) atoms. The van der Waals surface area contributed by atoms with Crippen molar-refractivity contribution >= 4 is 39.3 Å². The Hall–Kier alpha value is -2.87. The molecule has 0 spiro atoms. The molecule has 4 heterocycles. The molecular weight excluding hydrogens is 519 g/mol. The lowest BCUT2D eigenvalue weighted by Crippen LogP contribution is -2.57. The zero-order chi connectivity index (χ0) is 27.4. The zero-order valence-electron chi connectivity index (χ0n) is 21.1. The van der Waals surface area contributed by atoms with E-state index >= 15 is 0 Å². The van der Waals surface area contributed by atoms with Crippen LogP contribution in [0.2, 0.25) is 0 Å². The minimum Gasteiger partial charge on any atom is -0.397 e. The van der Waals surface area contributed by atoms with Crippen LogP contribution < -0.4 is 22.1 Å². The lowest BCUT2D eigenvalue weighted by atomic mass is 9.93. The third-order valence-corrected chi connectivity index (χ3v) is 8.89. The van der Waals surface area contributed by atoms with Gasteiger partial charge in [-0.15, -0.1) is 11.3 Å². The number of rotatable bonds is 6. The summed E-state index contributed by atoms with van der Waals surface area (Å²) in [7, 11) is 1.92. The predicted octanol–water partition coefficient (Wildman–Crippen LogP) is 2.14. The van der Waals surface area contributed by atoms with Gasteiger partial charge >= 0.3 is 6.18 Å². The van der Waals surface area contributed by atoms with Crippen LogP contribution in [-0.2, 0) is 0 Å². The first-order valence-corrected chi connectivity index (χ1v) is 13.3. The molecule has 4 unspecified atom stereocenters. The average Bonchev–Trinajstić information content (AvgIpc) is 3.38. The van der Waals surface area contributed by atoms with Crippen LogP contribution in [0.5, 0.6) is 0 Å². The van der Waals surface area contributed by atoms with Gasteiger partial charge in [0.15, 0.2) is 0 Å².